The summed E-state index contributed by atoms with van der Waals surface area (Å²) in [4.78, 5) is 38.4. The molecule has 3 aromatic rings. The maximum Gasteiger partial charge on any atom is 0.405 e. The van der Waals surface area contributed by atoms with Crippen LogP contribution in [0.5, 0.6) is 0 Å². The van der Waals surface area contributed by atoms with Gasteiger partial charge in [0.05, 0.1) is 5.69 Å². The van der Waals surface area contributed by atoms with E-state index < -0.39 is 12.0 Å². The summed E-state index contributed by atoms with van der Waals surface area (Å²) in [5, 5.41) is 20.3. The number of rotatable bonds is 6. The van der Waals surface area contributed by atoms with Gasteiger partial charge in [-0.25, -0.2) is 9.31 Å². The zero-order valence-corrected chi connectivity index (χ0v) is 15.3. The summed E-state index contributed by atoms with van der Waals surface area (Å²) in [7, 11) is 0. The van der Waals surface area contributed by atoms with Gasteiger partial charge in [0.2, 0.25) is 17.8 Å². The molecule has 1 aromatic carbocycles. The molecule has 4 N–H and O–H groups in total. The van der Waals surface area contributed by atoms with Crippen molar-refractivity contribution in [2.45, 2.75) is 12.8 Å². The van der Waals surface area contributed by atoms with E-state index in [9.17, 15) is 14.4 Å². The SMILES string of the molecule is O=C(O)NCC(=O)Nc1ccc(-c2cccc3nc(NC(=O)C4CC4)nn23)cc1. The van der Waals surface area contributed by atoms with Gasteiger partial charge in [-0.1, -0.05) is 18.2 Å². The summed E-state index contributed by atoms with van der Waals surface area (Å²) in [6, 6.07) is 12.5. The number of fused-ring (bicyclic) bond motifs is 1. The van der Waals surface area contributed by atoms with Gasteiger partial charge in [-0.2, -0.15) is 4.98 Å². The number of carboxylic acid groups (broad SMARTS) is 1. The third-order valence-corrected chi connectivity index (χ3v) is 4.41. The Morgan fingerprint density at radius 2 is 1.83 bits per heavy atom. The van der Waals surface area contributed by atoms with E-state index in [0.29, 0.717) is 11.3 Å². The van der Waals surface area contributed by atoms with Gasteiger partial charge in [0.1, 0.15) is 6.54 Å². The minimum absolute atomic E-state index is 0.0556. The Labute approximate surface area is 164 Å². The summed E-state index contributed by atoms with van der Waals surface area (Å²) < 4.78 is 1.65. The topological polar surface area (TPSA) is 138 Å². The van der Waals surface area contributed by atoms with Gasteiger partial charge in [-0.15, -0.1) is 5.10 Å². The highest BCUT2D eigenvalue weighted by Crippen LogP contribution is 2.30. The molecule has 1 aliphatic rings. The first-order valence-electron chi connectivity index (χ1n) is 9.03. The molecule has 4 rings (SSSR count). The van der Waals surface area contributed by atoms with Crippen LogP contribution in [0.2, 0.25) is 0 Å². The van der Waals surface area contributed by atoms with E-state index in [4.69, 9.17) is 5.11 Å². The molecule has 0 aliphatic heterocycles. The molecule has 1 saturated carbocycles. The Morgan fingerprint density at radius 1 is 1.07 bits per heavy atom. The van der Waals surface area contributed by atoms with Gasteiger partial charge in [0, 0.05) is 17.2 Å². The number of nitrogens with one attached hydrogen (secondary N) is 3. The van der Waals surface area contributed by atoms with Crippen molar-refractivity contribution in [3.8, 4) is 11.3 Å². The number of hydrogen-bond acceptors (Lipinski definition) is 5. The molecule has 0 atom stereocenters. The predicted octanol–water partition coefficient (Wildman–Crippen LogP) is 1.95. The molecule has 0 unspecified atom stereocenters. The largest absolute Gasteiger partial charge is 0.465 e. The van der Waals surface area contributed by atoms with Crippen molar-refractivity contribution < 1.29 is 19.5 Å². The van der Waals surface area contributed by atoms with E-state index in [0.717, 1.165) is 24.1 Å². The third-order valence-electron chi connectivity index (χ3n) is 4.41. The third kappa shape index (κ3) is 4.32. The zero-order valence-electron chi connectivity index (χ0n) is 15.3. The molecule has 0 radical (unpaired) electrons. The quantitative estimate of drug-likeness (QED) is 0.504. The molecule has 3 amide bonds. The van der Waals surface area contributed by atoms with Gasteiger partial charge in [0.25, 0.3) is 0 Å². The van der Waals surface area contributed by atoms with Crippen molar-refractivity contribution in [3.05, 3.63) is 42.5 Å². The zero-order chi connectivity index (χ0) is 20.4. The van der Waals surface area contributed by atoms with Crippen molar-refractivity contribution in [1.82, 2.24) is 19.9 Å². The van der Waals surface area contributed by atoms with Crippen LogP contribution in [0.15, 0.2) is 42.5 Å². The number of carbonyl (C=O) groups excluding carboxylic acids is 2. The first kappa shape index (κ1) is 18.4. The molecule has 2 heterocycles. The summed E-state index contributed by atoms with van der Waals surface area (Å²) in [5.74, 6) is -0.187. The van der Waals surface area contributed by atoms with Crippen molar-refractivity contribution >= 4 is 35.2 Å². The lowest BCUT2D eigenvalue weighted by Crippen LogP contribution is -2.31. The second kappa shape index (κ2) is 7.58. The predicted molar refractivity (Wildman–Crippen MR) is 104 cm³/mol. The van der Waals surface area contributed by atoms with Crippen LogP contribution in [0.1, 0.15) is 12.8 Å². The van der Waals surface area contributed by atoms with Gasteiger partial charge < -0.3 is 15.7 Å². The van der Waals surface area contributed by atoms with Crippen molar-refractivity contribution in [2.24, 2.45) is 5.92 Å². The summed E-state index contributed by atoms with van der Waals surface area (Å²) >= 11 is 0. The van der Waals surface area contributed by atoms with Crippen molar-refractivity contribution in [2.75, 3.05) is 17.2 Å². The van der Waals surface area contributed by atoms with Crippen LogP contribution >= 0.6 is 0 Å². The molecule has 148 valence electrons. The van der Waals surface area contributed by atoms with Crippen LogP contribution in [-0.4, -0.2) is 44.2 Å². The molecule has 10 nitrogen and oxygen atoms in total. The minimum Gasteiger partial charge on any atom is -0.465 e. The Bertz CT molecular complexity index is 1090. The lowest BCUT2D eigenvalue weighted by atomic mass is 10.1. The fourth-order valence-corrected chi connectivity index (χ4v) is 2.82. The number of amides is 3. The van der Waals surface area contributed by atoms with Crippen molar-refractivity contribution in [3.63, 3.8) is 0 Å². The monoisotopic (exact) mass is 394 g/mol. The molecule has 1 aliphatic carbocycles. The number of carbonyl (C=O) groups is 3. The molecule has 29 heavy (non-hydrogen) atoms. The molecule has 2 aromatic heterocycles. The Hall–Kier alpha value is -3.95. The highest BCUT2D eigenvalue weighted by molar-refractivity contribution is 5.94. The fourth-order valence-electron chi connectivity index (χ4n) is 2.82. The molecule has 0 spiro atoms. The highest BCUT2D eigenvalue weighted by Gasteiger charge is 2.30. The number of hydrogen-bond donors (Lipinski definition) is 4. The van der Waals surface area contributed by atoms with E-state index in [-0.39, 0.29) is 24.3 Å². The van der Waals surface area contributed by atoms with Gasteiger partial charge >= 0.3 is 6.09 Å². The van der Waals surface area contributed by atoms with E-state index in [2.05, 4.69) is 20.7 Å². The second-order valence-corrected chi connectivity index (χ2v) is 6.66. The average Bonchev–Trinajstić information content (AvgIpc) is 3.47. The average molecular weight is 394 g/mol. The van der Waals surface area contributed by atoms with Crippen LogP contribution in [0, 0.1) is 5.92 Å². The first-order valence-corrected chi connectivity index (χ1v) is 9.03. The maximum atomic E-state index is 11.9. The lowest BCUT2D eigenvalue weighted by Gasteiger charge is -2.08. The molecule has 0 bridgehead atoms. The first-order chi connectivity index (χ1) is 14.0. The van der Waals surface area contributed by atoms with Crippen LogP contribution < -0.4 is 16.0 Å². The molecular formula is C19H18N6O4. The number of benzene rings is 1. The number of pyridine rings is 1. The van der Waals surface area contributed by atoms with E-state index in [1.807, 2.05) is 17.4 Å². The summed E-state index contributed by atoms with van der Waals surface area (Å²) in [5.41, 5.74) is 2.74. The van der Waals surface area contributed by atoms with Crippen LogP contribution in [0.4, 0.5) is 16.4 Å². The Kier molecular flexibility index (Phi) is 4.82. The van der Waals surface area contributed by atoms with E-state index in [1.165, 1.54) is 0 Å². The number of anilines is 2. The molecular weight excluding hydrogens is 376 g/mol. The summed E-state index contributed by atoms with van der Waals surface area (Å²) in [6.07, 6.45) is 0.545. The smallest absolute Gasteiger partial charge is 0.405 e. The maximum absolute atomic E-state index is 11.9. The standard InChI is InChI=1S/C19H18N6O4/c26-16(10-20-19(28)29)21-13-8-6-11(7-9-13)14-2-1-3-15-22-18(24-25(14)15)23-17(27)12-4-5-12/h1-3,6-9,12,20H,4-5,10H2,(H,21,26)(H,28,29)(H,23,24,27). The highest BCUT2D eigenvalue weighted by atomic mass is 16.4. The van der Waals surface area contributed by atoms with Crippen molar-refractivity contribution in [1.29, 1.82) is 0 Å². The van der Waals surface area contributed by atoms with Gasteiger partial charge in [0.15, 0.2) is 5.65 Å². The van der Waals surface area contributed by atoms with Gasteiger partial charge in [-0.3, -0.25) is 14.9 Å². The Morgan fingerprint density at radius 3 is 2.52 bits per heavy atom. The lowest BCUT2D eigenvalue weighted by molar-refractivity contribution is -0.117. The van der Waals surface area contributed by atoms with Gasteiger partial charge in [-0.05, 0) is 37.1 Å². The minimum atomic E-state index is -1.26. The van der Waals surface area contributed by atoms with E-state index >= 15 is 0 Å². The molecule has 0 saturated heterocycles. The van der Waals surface area contributed by atoms with E-state index in [1.54, 1.807) is 34.8 Å². The summed E-state index contributed by atoms with van der Waals surface area (Å²) in [6.45, 7) is -0.329. The number of aromatic nitrogens is 3. The fraction of sp³-hybridized carbons (Fsp3) is 0.211. The molecule has 1 fully saturated rings. The van der Waals surface area contributed by atoms with Crippen LogP contribution in [0.25, 0.3) is 16.9 Å². The second-order valence-electron chi connectivity index (χ2n) is 6.66. The van der Waals surface area contributed by atoms with Crippen LogP contribution in [-0.2, 0) is 9.59 Å². The number of nitrogens with zero attached hydrogens (tertiary/aromatic N) is 3. The van der Waals surface area contributed by atoms with Crippen LogP contribution in [0.3, 0.4) is 0 Å². The Balaban J connectivity index is 1.51. The normalized spacial score (nSPS) is 13.1. The molecule has 10 heteroatoms.